The van der Waals surface area contributed by atoms with Gasteiger partial charge in [-0.3, -0.25) is 4.79 Å². The van der Waals surface area contributed by atoms with Gasteiger partial charge in [0.2, 0.25) is 0 Å². The molecule has 0 saturated carbocycles. The van der Waals surface area contributed by atoms with E-state index >= 15 is 0 Å². The van der Waals surface area contributed by atoms with Gasteiger partial charge in [0.1, 0.15) is 0 Å². The minimum Gasteiger partial charge on any atom is -1.00 e. The molecule has 0 aromatic rings. The Balaban J connectivity index is 0. The molecule has 0 spiro atoms. The molecule has 0 aromatic carbocycles. The molecule has 0 fully saturated rings. The quantitative estimate of drug-likeness (QED) is 0.181. The lowest BCUT2D eigenvalue weighted by atomic mass is 10.0. The second-order valence-corrected chi connectivity index (χ2v) is 8.94. The fraction of sp³-hybridized carbons (Fsp3) is 0.957. The van der Waals surface area contributed by atoms with E-state index in [4.69, 9.17) is 0 Å². The Kier molecular flexibility index (Phi) is 21.1. The van der Waals surface area contributed by atoms with Crippen LogP contribution in [0.1, 0.15) is 103 Å². The monoisotopic (exact) mass is 538 g/mol. The minimum atomic E-state index is -5.84. The lowest BCUT2D eigenvalue weighted by molar-refractivity contribution is -0.858. The third kappa shape index (κ3) is 18.0. The molecule has 0 unspecified atom stereocenters. The van der Waals surface area contributed by atoms with Gasteiger partial charge in [0, 0.05) is 6.54 Å². The van der Waals surface area contributed by atoms with Crippen LogP contribution in [0.15, 0.2) is 0 Å². The van der Waals surface area contributed by atoms with Crippen molar-refractivity contribution in [2.45, 2.75) is 115 Å². The maximum atomic E-state index is 12.7. The Morgan fingerprint density at radius 2 is 0.938 bits per heavy atom. The molecular weight excluding hydrogens is 495 g/mol. The molecule has 0 aliphatic heterocycles. The summed E-state index contributed by atoms with van der Waals surface area (Å²) < 4.78 is 61.5. The summed E-state index contributed by atoms with van der Waals surface area (Å²) in [5.41, 5.74) is 0. The lowest BCUT2D eigenvalue weighted by Gasteiger charge is -2.18. The second kappa shape index (κ2) is 20.0. The molecule has 1 amide bonds. The first-order valence-corrected chi connectivity index (χ1v) is 12.1. The van der Waals surface area contributed by atoms with Gasteiger partial charge in [-0.05, 0) is 19.3 Å². The maximum Gasteiger partial charge on any atom is 0.463 e. The molecule has 0 aromatic heterocycles. The van der Waals surface area contributed by atoms with Crippen LogP contribution in [-0.2, 0) is 4.79 Å². The molecule has 3 nitrogen and oxygen atoms in total. The zero-order chi connectivity index (χ0) is 23.6. The molecule has 0 bridgehead atoms. The first-order valence-electron chi connectivity index (χ1n) is 12.1. The molecule has 0 heterocycles. The molecule has 9 heteroatoms. The number of unbranched alkanes of at least 4 members (excludes halogenated alkanes) is 15. The van der Waals surface area contributed by atoms with Crippen LogP contribution >= 0.6 is 0 Å². The van der Waals surface area contributed by atoms with Crippen LogP contribution < -0.4 is 27.2 Å². The highest BCUT2D eigenvalue weighted by atomic mass is 79.9. The number of quaternary nitrogens is 1. The Bertz CT molecular complexity index is 449. The third-order valence-electron chi connectivity index (χ3n) is 5.53. The summed E-state index contributed by atoms with van der Waals surface area (Å²) in [6.45, 7) is 1.12. The summed E-state index contributed by atoms with van der Waals surface area (Å²) in [6.07, 6.45) is 12.7. The predicted octanol–water partition coefficient (Wildman–Crippen LogP) is 2.69. The van der Waals surface area contributed by atoms with E-state index in [1.165, 1.54) is 82.1 Å². The Hall–Kier alpha value is -0.440. The zero-order valence-corrected chi connectivity index (χ0v) is 21.5. The largest absolute Gasteiger partial charge is 1.00 e. The molecule has 194 valence electrons. The number of amides is 1. The van der Waals surface area contributed by atoms with Crippen molar-refractivity contribution in [2.24, 2.45) is 0 Å². The van der Waals surface area contributed by atoms with Gasteiger partial charge in [-0.25, -0.2) is 0 Å². The van der Waals surface area contributed by atoms with Crippen molar-refractivity contribution in [3.05, 3.63) is 0 Å². The highest BCUT2D eigenvalue weighted by Crippen LogP contribution is 2.35. The number of hydrogen-bond acceptors (Lipinski definition) is 1. The summed E-state index contributed by atoms with van der Waals surface area (Å²) in [6, 6.07) is 0. The maximum absolute atomic E-state index is 12.7. The van der Waals surface area contributed by atoms with Crippen molar-refractivity contribution in [2.75, 3.05) is 27.2 Å². The van der Waals surface area contributed by atoms with Crippen molar-refractivity contribution >= 4 is 5.91 Å². The second-order valence-electron chi connectivity index (χ2n) is 8.94. The molecule has 0 atom stereocenters. The number of hydrogen-bond donors (Lipinski definition) is 2. The van der Waals surface area contributed by atoms with Gasteiger partial charge >= 0.3 is 12.1 Å². The van der Waals surface area contributed by atoms with Gasteiger partial charge < -0.3 is 27.2 Å². The van der Waals surface area contributed by atoms with Crippen molar-refractivity contribution < 1.29 is 48.6 Å². The fourth-order valence-corrected chi connectivity index (χ4v) is 3.52. The predicted molar refractivity (Wildman–Crippen MR) is 116 cm³/mol. The van der Waals surface area contributed by atoms with Gasteiger partial charge in [-0.15, -0.1) is 0 Å². The average Bonchev–Trinajstić information content (AvgIpc) is 2.68. The van der Waals surface area contributed by atoms with Gasteiger partial charge in [-0.2, -0.15) is 22.0 Å². The molecule has 0 aliphatic carbocycles. The smallest absolute Gasteiger partial charge is 0.463 e. The molecule has 0 radical (unpaired) electrons. The van der Waals surface area contributed by atoms with Crippen LogP contribution in [0.2, 0.25) is 0 Å². The lowest BCUT2D eigenvalue weighted by Crippen LogP contribution is -3.05. The number of carbonyl (C=O) groups excluding carboxylic acids is 1. The van der Waals surface area contributed by atoms with Crippen LogP contribution in [-0.4, -0.2) is 45.2 Å². The first kappa shape index (κ1) is 33.7. The highest BCUT2D eigenvalue weighted by Gasteiger charge is 2.63. The van der Waals surface area contributed by atoms with E-state index in [2.05, 4.69) is 14.1 Å². The zero-order valence-electron chi connectivity index (χ0n) is 19.9. The standard InChI is InChI=1S/C23H43F5N2O.BrH/c1-30(2)20-18-16-14-12-10-8-6-4-3-5-7-9-11-13-15-17-19-29-21(31)22(24,25)23(26,27)28;/h3-20H2,1-2H3,(H,29,31);1H. The van der Waals surface area contributed by atoms with E-state index in [1.54, 1.807) is 5.32 Å². The molecule has 0 saturated heterocycles. The molecule has 32 heavy (non-hydrogen) atoms. The van der Waals surface area contributed by atoms with Crippen LogP contribution in [0.4, 0.5) is 22.0 Å². The van der Waals surface area contributed by atoms with E-state index in [0.717, 1.165) is 19.3 Å². The van der Waals surface area contributed by atoms with E-state index in [0.29, 0.717) is 12.8 Å². The van der Waals surface area contributed by atoms with Gasteiger partial charge in [0.05, 0.1) is 20.6 Å². The van der Waals surface area contributed by atoms with Crippen LogP contribution in [0.5, 0.6) is 0 Å². The van der Waals surface area contributed by atoms with Gasteiger partial charge in [0.25, 0.3) is 5.91 Å². The van der Waals surface area contributed by atoms with Crippen molar-refractivity contribution in [3.8, 4) is 0 Å². The highest BCUT2D eigenvalue weighted by molar-refractivity contribution is 5.84. The van der Waals surface area contributed by atoms with E-state index in [-0.39, 0.29) is 23.5 Å². The van der Waals surface area contributed by atoms with Gasteiger partial charge in [0.15, 0.2) is 0 Å². The van der Waals surface area contributed by atoms with Crippen LogP contribution in [0.25, 0.3) is 0 Å². The molecule has 2 N–H and O–H groups in total. The molecular formula is C23H44BrF5N2O. The van der Waals surface area contributed by atoms with Crippen molar-refractivity contribution in [3.63, 3.8) is 0 Å². The summed E-state index contributed by atoms with van der Waals surface area (Å²) >= 11 is 0. The van der Waals surface area contributed by atoms with E-state index in [9.17, 15) is 26.7 Å². The van der Waals surface area contributed by atoms with Crippen molar-refractivity contribution in [1.82, 2.24) is 5.32 Å². The average molecular weight is 540 g/mol. The molecule has 0 aliphatic rings. The summed E-state index contributed by atoms with van der Waals surface area (Å²) in [4.78, 5) is 12.5. The van der Waals surface area contributed by atoms with Gasteiger partial charge in [-0.1, -0.05) is 83.5 Å². The summed E-state index contributed by atoms with van der Waals surface area (Å²) in [5, 5.41) is 1.68. The normalized spacial score (nSPS) is 12.1. The number of rotatable bonds is 20. The molecule has 0 rings (SSSR count). The number of alkyl halides is 5. The number of nitrogens with one attached hydrogen (secondary N) is 2. The Morgan fingerprint density at radius 1 is 0.625 bits per heavy atom. The van der Waals surface area contributed by atoms with E-state index < -0.39 is 18.0 Å². The SMILES string of the molecule is C[NH+](C)CCCCCCCCCCCCCCCCCCNC(=O)C(F)(F)C(F)(F)F.[Br-]. The topological polar surface area (TPSA) is 33.5 Å². The Morgan fingerprint density at radius 3 is 1.25 bits per heavy atom. The van der Waals surface area contributed by atoms with Crippen molar-refractivity contribution in [1.29, 1.82) is 0 Å². The minimum absolute atomic E-state index is 0. The summed E-state index contributed by atoms with van der Waals surface area (Å²) in [7, 11) is 4.40. The number of carbonyl (C=O) groups is 1. The number of halogens is 6. The van der Waals surface area contributed by atoms with E-state index in [1.807, 2.05) is 0 Å². The third-order valence-corrected chi connectivity index (χ3v) is 5.53. The summed E-state index contributed by atoms with van der Waals surface area (Å²) in [5.74, 6) is -7.58. The Labute approximate surface area is 202 Å². The van der Waals surface area contributed by atoms with Crippen LogP contribution in [0, 0.1) is 0 Å². The van der Waals surface area contributed by atoms with Crippen LogP contribution in [0.3, 0.4) is 0 Å². The fourth-order valence-electron chi connectivity index (χ4n) is 3.52. The first-order chi connectivity index (χ1) is 14.6.